The number of rotatable bonds is 4. The van der Waals surface area contributed by atoms with Crippen LogP contribution in [0.5, 0.6) is 0 Å². The number of hydrogen-bond donors (Lipinski definition) is 4. The number of hydrogen-bond acceptors (Lipinski definition) is 7. The van der Waals surface area contributed by atoms with Gasteiger partial charge in [-0.15, -0.1) is 0 Å². The maximum atomic E-state index is 12.2. The van der Waals surface area contributed by atoms with E-state index in [2.05, 4.69) is 41.8 Å². The summed E-state index contributed by atoms with van der Waals surface area (Å²) in [5, 5.41) is 16.1. The molecule has 3 heterocycles. The van der Waals surface area contributed by atoms with Crippen LogP contribution in [0.3, 0.4) is 0 Å². The molecule has 0 aliphatic carbocycles. The number of fused-ring (bicyclic) bond motifs is 1. The summed E-state index contributed by atoms with van der Waals surface area (Å²) in [5.74, 6) is -1.94. The van der Waals surface area contributed by atoms with E-state index in [0.29, 0.717) is 28.3 Å². The molecule has 0 spiro atoms. The second-order valence-electron chi connectivity index (χ2n) is 6.88. The van der Waals surface area contributed by atoms with Gasteiger partial charge >= 0.3 is 12.1 Å². The van der Waals surface area contributed by atoms with E-state index in [1.807, 2.05) is 18.2 Å². The molecule has 3 aromatic rings. The molecule has 1 aromatic carbocycles. The SMILES string of the molecule is Cn1cccc(Nc2nc(Nc3ccc4c(c3)CC(=O)N4)ncc2Br)c1=O.O=C(O)C(F)(F)F. The minimum atomic E-state index is -5.08. The van der Waals surface area contributed by atoms with Gasteiger partial charge in [-0.2, -0.15) is 18.2 Å². The Labute approximate surface area is 198 Å². The Bertz CT molecular complexity index is 1310. The van der Waals surface area contributed by atoms with Crippen molar-refractivity contribution < 1.29 is 27.9 Å². The third-order valence-corrected chi connectivity index (χ3v) is 4.93. The first-order chi connectivity index (χ1) is 15.9. The number of aromatic nitrogens is 3. The number of alkyl halides is 3. The van der Waals surface area contributed by atoms with E-state index in [4.69, 9.17) is 9.90 Å². The smallest absolute Gasteiger partial charge is 0.475 e. The number of aryl methyl sites for hydroxylation is 1. The van der Waals surface area contributed by atoms with E-state index in [0.717, 1.165) is 16.9 Å². The summed E-state index contributed by atoms with van der Waals surface area (Å²) in [6.45, 7) is 0. The Kier molecular flexibility index (Phi) is 7.20. The van der Waals surface area contributed by atoms with Crippen LogP contribution >= 0.6 is 15.9 Å². The highest BCUT2D eigenvalue weighted by molar-refractivity contribution is 9.10. The van der Waals surface area contributed by atoms with E-state index >= 15 is 0 Å². The molecule has 0 saturated carbocycles. The molecule has 0 unspecified atom stereocenters. The van der Waals surface area contributed by atoms with Gasteiger partial charge in [0.1, 0.15) is 5.69 Å². The van der Waals surface area contributed by atoms with E-state index in [9.17, 15) is 22.8 Å². The molecule has 4 N–H and O–H groups in total. The van der Waals surface area contributed by atoms with E-state index in [1.54, 1.807) is 31.6 Å². The van der Waals surface area contributed by atoms with Crippen molar-refractivity contribution in [3.63, 3.8) is 0 Å². The largest absolute Gasteiger partial charge is 0.490 e. The summed E-state index contributed by atoms with van der Waals surface area (Å²) < 4.78 is 33.8. The lowest BCUT2D eigenvalue weighted by atomic mass is 10.1. The van der Waals surface area contributed by atoms with Crippen molar-refractivity contribution in [3.05, 3.63) is 63.1 Å². The summed E-state index contributed by atoms with van der Waals surface area (Å²) in [4.78, 5) is 41.2. The standard InChI is InChI=1S/C18H15BrN6O2.C2HF3O2/c1-25-6-2-3-14(17(25)27)23-16-12(19)9-20-18(24-16)21-11-4-5-13-10(7-11)8-15(26)22-13;3-2(4,5)1(6)7/h2-7,9H,8H2,1H3,(H,22,26)(H2,20,21,23,24);(H,6,7). The third-order valence-electron chi connectivity index (χ3n) is 4.35. The van der Waals surface area contributed by atoms with Gasteiger partial charge in [0.15, 0.2) is 5.82 Å². The Morgan fingerprint density at radius 3 is 2.62 bits per heavy atom. The highest BCUT2D eigenvalue weighted by Crippen LogP contribution is 2.28. The van der Waals surface area contributed by atoms with Crippen molar-refractivity contribution in [2.24, 2.45) is 7.05 Å². The van der Waals surface area contributed by atoms with Crippen molar-refractivity contribution in [2.45, 2.75) is 12.6 Å². The second kappa shape index (κ2) is 9.91. The number of nitrogens with one attached hydrogen (secondary N) is 3. The fourth-order valence-corrected chi connectivity index (χ4v) is 3.06. The Balaban J connectivity index is 0.000000406. The molecule has 1 aliphatic rings. The molecule has 2 aromatic heterocycles. The molecule has 4 rings (SSSR count). The van der Waals surface area contributed by atoms with Gasteiger partial charge in [0, 0.05) is 30.8 Å². The molecule has 0 atom stereocenters. The highest BCUT2D eigenvalue weighted by atomic mass is 79.9. The predicted octanol–water partition coefficient (Wildman–Crippen LogP) is 3.55. The van der Waals surface area contributed by atoms with Crippen molar-refractivity contribution in [1.29, 1.82) is 0 Å². The number of nitrogens with zero attached hydrogens (tertiary/aromatic N) is 3. The van der Waals surface area contributed by atoms with Gasteiger partial charge in [-0.3, -0.25) is 9.59 Å². The fourth-order valence-electron chi connectivity index (χ4n) is 2.77. The molecule has 10 nitrogen and oxygen atoms in total. The summed E-state index contributed by atoms with van der Waals surface area (Å²) in [7, 11) is 1.68. The number of carbonyl (C=O) groups excluding carboxylic acids is 1. The molecule has 0 radical (unpaired) electrons. The Hall–Kier alpha value is -3.94. The molecular weight excluding hydrogens is 525 g/mol. The number of carbonyl (C=O) groups is 2. The van der Waals surface area contributed by atoms with Crippen LogP contribution < -0.4 is 21.5 Å². The van der Waals surface area contributed by atoms with Crippen LogP contribution in [0.1, 0.15) is 5.56 Å². The van der Waals surface area contributed by atoms with Gasteiger partial charge in [0.05, 0.1) is 10.9 Å². The lowest BCUT2D eigenvalue weighted by molar-refractivity contribution is -0.192. The van der Waals surface area contributed by atoms with Gasteiger partial charge in [-0.25, -0.2) is 9.78 Å². The molecule has 34 heavy (non-hydrogen) atoms. The molecule has 1 aliphatic heterocycles. The van der Waals surface area contributed by atoms with Crippen molar-refractivity contribution in [3.8, 4) is 0 Å². The predicted molar refractivity (Wildman–Crippen MR) is 120 cm³/mol. The van der Waals surface area contributed by atoms with E-state index < -0.39 is 12.1 Å². The van der Waals surface area contributed by atoms with Crippen LogP contribution in [0.25, 0.3) is 0 Å². The van der Waals surface area contributed by atoms with Crippen LogP contribution in [0.15, 0.2) is 52.0 Å². The van der Waals surface area contributed by atoms with Crippen molar-refractivity contribution in [2.75, 3.05) is 16.0 Å². The topological polar surface area (TPSA) is 138 Å². The number of carboxylic acids is 1. The molecule has 178 valence electrons. The fraction of sp³-hybridized carbons (Fsp3) is 0.150. The first kappa shape index (κ1) is 24.7. The van der Waals surface area contributed by atoms with Gasteiger partial charge in [0.25, 0.3) is 5.56 Å². The molecule has 1 amide bonds. The summed E-state index contributed by atoms with van der Waals surface area (Å²) >= 11 is 3.39. The summed E-state index contributed by atoms with van der Waals surface area (Å²) in [5.41, 5.74) is 2.77. The van der Waals surface area contributed by atoms with Crippen LogP contribution in [0, 0.1) is 0 Å². The quantitative estimate of drug-likeness (QED) is 0.394. The zero-order chi connectivity index (χ0) is 25.0. The monoisotopic (exact) mass is 540 g/mol. The van der Waals surface area contributed by atoms with Gasteiger partial charge in [0.2, 0.25) is 11.9 Å². The maximum Gasteiger partial charge on any atom is 0.490 e. The number of amides is 1. The summed E-state index contributed by atoms with van der Waals surface area (Å²) in [6.07, 6.45) is -1.44. The molecule has 0 fully saturated rings. The van der Waals surface area contributed by atoms with Crippen LogP contribution in [-0.2, 0) is 23.1 Å². The Morgan fingerprint density at radius 2 is 1.94 bits per heavy atom. The van der Waals surface area contributed by atoms with E-state index in [1.165, 1.54) is 4.57 Å². The minimum absolute atomic E-state index is 0.0158. The second-order valence-corrected chi connectivity index (χ2v) is 7.73. The number of aliphatic carboxylic acids is 1. The lowest BCUT2D eigenvalue weighted by Crippen LogP contribution is -2.21. The average molecular weight is 541 g/mol. The zero-order valence-corrected chi connectivity index (χ0v) is 18.9. The maximum absolute atomic E-state index is 12.2. The average Bonchev–Trinajstić information content (AvgIpc) is 3.13. The number of carboxylic acid groups (broad SMARTS) is 1. The van der Waals surface area contributed by atoms with Crippen LogP contribution in [0.2, 0.25) is 0 Å². The lowest BCUT2D eigenvalue weighted by Gasteiger charge is -2.11. The van der Waals surface area contributed by atoms with E-state index in [-0.39, 0.29) is 11.5 Å². The van der Waals surface area contributed by atoms with Crippen molar-refractivity contribution >= 4 is 56.6 Å². The number of benzene rings is 1. The molecule has 0 saturated heterocycles. The third kappa shape index (κ3) is 6.10. The molecule has 0 bridgehead atoms. The highest BCUT2D eigenvalue weighted by Gasteiger charge is 2.38. The number of anilines is 5. The van der Waals surface area contributed by atoms with Crippen molar-refractivity contribution in [1.82, 2.24) is 14.5 Å². The minimum Gasteiger partial charge on any atom is -0.475 e. The van der Waals surface area contributed by atoms with Gasteiger partial charge in [-0.05, 0) is 51.8 Å². The number of halogens is 4. The Morgan fingerprint density at radius 1 is 1.24 bits per heavy atom. The first-order valence-electron chi connectivity index (χ1n) is 9.39. The zero-order valence-electron chi connectivity index (χ0n) is 17.3. The molecular formula is C20H16BrF3N6O4. The first-order valence-corrected chi connectivity index (χ1v) is 10.2. The normalized spacial score (nSPS) is 12.2. The number of pyridine rings is 1. The van der Waals surface area contributed by atoms with Crippen LogP contribution in [-0.4, -0.2) is 37.7 Å². The van der Waals surface area contributed by atoms with Gasteiger partial charge in [-0.1, -0.05) is 0 Å². The molecule has 14 heteroatoms. The van der Waals surface area contributed by atoms with Crippen LogP contribution in [0.4, 0.5) is 42.0 Å². The van der Waals surface area contributed by atoms with Gasteiger partial charge < -0.3 is 25.6 Å². The summed E-state index contributed by atoms with van der Waals surface area (Å²) in [6, 6.07) is 9.04.